The van der Waals surface area contributed by atoms with Crippen molar-refractivity contribution in [2.24, 2.45) is 0 Å². The lowest BCUT2D eigenvalue weighted by Crippen LogP contribution is -2.50. The van der Waals surface area contributed by atoms with Crippen LogP contribution in [-0.2, 0) is 4.74 Å². The van der Waals surface area contributed by atoms with Gasteiger partial charge < -0.3 is 14.5 Å². The van der Waals surface area contributed by atoms with Gasteiger partial charge in [-0.15, -0.1) is 0 Å². The normalized spacial score (nSPS) is 18.6. The van der Waals surface area contributed by atoms with E-state index in [0.717, 1.165) is 12.8 Å². The molecule has 1 saturated carbocycles. The zero-order valence-electron chi connectivity index (χ0n) is 14.8. The maximum Gasteiger partial charge on any atom is 0.410 e. The molecule has 0 radical (unpaired) electrons. The molecule has 0 unspecified atom stereocenters. The zero-order chi connectivity index (χ0) is 18.2. The molecule has 1 amide bonds. The fourth-order valence-electron chi connectivity index (χ4n) is 2.71. The predicted octanol–water partition coefficient (Wildman–Crippen LogP) is 3.35. The maximum absolute atomic E-state index is 13.1. The summed E-state index contributed by atoms with van der Waals surface area (Å²) in [6, 6.07) is 1.36. The number of aromatic nitrogens is 2. The van der Waals surface area contributed by atoms with E-state index in [9.17, 15) is 13.6 Å². The molecule has 2 fully saturated rings. The van der Waals surface area contributed by atoms with Gasteiger partial charge in [-0.1, -0.05) is 0 Å². The summed E-state index contributed by atoms with van der Waals surface area (Å²) in [7, 11) is 0. The summed E-state index contributed by atoms with van der Waals surface area (Å²) in [6.07, 6.45) is -1.04. The summed E-state index contributed by atoms with van der Waals surface area (Å²) in [5.41, 5.74) is -0.756. The summed E-state index contributed by atoms with van der Waals surface area (Å²) in [4.78, 5) is 24.2. The van der Waals surface area contributed by atoms with E-state index in [1.54, 1.807) is 4.90 Å². The van der Waals surface area contributed by atoms with Gasteiger partial charge in [-0.25, -0.2) is 23.5 Å². The Bertz CT molecular complexity index is 616. The standard InChI is InChI=1S/C17H24F2N4O2/c1-17(2,3)25-16(24)23-8-6-22(7-9-23)13-10-12(14(18)19)20-15(21-13)11-4-5-11/h10-11,14H,4-9H2,1-3H3. The van der Waals surface area contributed by atoms with E-state index >= 15 is 0 Å². The van der Waals surface area contributed by atoms with Crippen molar-refractivity contribution in [3.8, 4) is 0 Å². The Labute approximate surface area is 146 Å². The average Bonchev–Trinajstić information content (AvgIpc) is 3.38. The van der Waals surface area contributed by atoms with Crippen LogP contribution in [0.3, 0.4) is 0 Å². The Hall–Kier alpha value is -1.99. The Morgan fingerprint density at radius 1 is 1.20 bits per heavy atom. The van der Waals surface area contributed by atoms with Crippen LogP contribution in [0.4, 0.5) is 19.4 Å². The van der Waals surface area contributed by atoms with Gasteiger partial charge in [0.1, 0.15) is 22.9 Å². The highest BCUT2D eigenvalue weighted by Crippen LogP contribution is 2.39. The van der Waals surface area contributed by atoms with E-state index < -0.39 is 12.0 Å². The second-order valence-electron chi connectivity index (χ2n) is 7.54. The van der Waals surface area contributed by atoms with Crippen LogP contribution in [0.25, 0.3) is 0 Å². The summed E-state index contributed by atoms with van der Waals surface area (Å²) in [5, 5.41) is 0. The van der Waals surface area contributed by atoms with Gasteiger partial charge in [0.05, 0.1) is 0 Å². The van der Waals surface area contributed by atoms with Crippen molar-refractivity contribution in [2.75, 3.05) is 31.1 Å². The quantitative estimate of drug-likeness (QED) is 0.833. The monoisotopic (exact) mass is 354 g/mol. The third-order valence-corrected chi connectivity index (χ3v) is 4.17. The van der Waals surface area contributed by atoms with Gasteiger partial charge in [0.25, 0.3) is 6.43 Å². The molecule has 0 bridgehead atoms. The lowest BCUT2D eigenvalue weighted by molar-refractivity contribution is 0.0240. The molecule has 0 atom stereocenters. The molecular formula is C17H24F2N4O2. The molecule has 8 heteroatoms. The number of anilines is 1. The van der Waals surface area contributed by atoms with Crippen molar-refractivity contribution in [1.29, 1.82) is 0 Å². The van der Waals surface area contributed by atoms with Crippen LogP contribution in [0, 0.1) is 0 Å². The van der Waals surface area contributed by atoms with Gasteiger partial charge >= 0.3 is 6.09 Å². The van der Waals surface area contributed by atoms with Crippen molar-refractivity contribution in [3.63, 3.8) is 0 Å². The topological polar surface area (TPSA) is 58.6 Å². The van der Waals surface area contributed by atoms with Crippen molar-refractivity contribution >= 4 is 11.9 Å². The van der Waals surface area contributed by atoms with E-state index in [4.69, 9.17) is 4.74 Å². The van der Waals surface area contributed by atoms with Gasteiger partial charge in [0.2, 0.25) is 0 Å². The lowest BCUT2D eigenvalue weighted by Gasteiger charge is -2.36. The van der Waals surface area contributed by atoms with Crippen LogP contribution in [-0.4, -0.2) is 52.7 Å². The number of hydrogen-bond donors (Lipinski definition) is 0. The molecule has 0 spiro atoms. The van der Waals surface area contributed by atoms with Gasteiger partial charge in [-0.3, -0.25) is 0 Å². The maximum atomic E-state index is 13.1. The number of carbonyl (C=O) groups excluding carboxylic acids is 1. The summed E-state index contributed by atoms with van der Waals surface area (Å²) >= 11 is 0. The predicted molar refractivity (Wildman–Crippen MR) is 89.0 cm³/mol. The first-order chi connectivity index (χ1) is 11.7. The number of halogens is 2. The fourth-order valence-corrected chi connectivity index (χ4v) is 2.71. The number of nitrogens with zero attached hydrogens (tertiary/aromatic N) is 4. The molecule has 1 aromatic rings. The van der Waals surface area contributed by atoms with Crippen molar-refractivity contribution in [3.05, 3.63) is 17.6 Å². The molecule has 25 heavy (non-hydrogen) atoms. The number of amides is 1. The number of carbonyl (C=O) groups is 1. The van der Waals surface area contributed by atoms with Gasteiger partial charge in [0.15, 0.2) is 0 Å². The molecule has 1 aromatic heterocycles. The molecule has 3 rings (SSSR count). The minimum Gasteiger partial charge on any atom is -0.444 e. The number of ether oxygens (including phenoxy) is 1. The minimum atomic E-state index is -2.61. The van der Waals surface area contributed by atoms with E-state index in [1.165, 1.54) is 6.07 Å². The Balaban J connectivity index is 1.67. The third-order valence-electron chi connectivity index (χ3n) is 4.17. The molecule has 0 aromatic carbocycles. The van der Waals surface area contributed by atoms with Crippen LogP contribution in [0.2, 0.25) is 0 Å². The largest absolute Gasteiger partial charge is 0.444 e. The van der Waals surface area contributed by atoms with Crippen LogP contribution in [0.15, 0.2) is 6.07 Å². The smallest absolute Gasteiger partial charge is 0.410 e. The Morgan fingerprint density at radius 3 is 2.36 bits per heavy atom. The summed E-state index contributed by atoms with van der Waals surface area (Å²) in [6.45, 7) is 7.49. The number of alkyl halides is 2. The Kier molecular flexibility index (Phi) is 4.79. The van der Waals surface area contributed by atoms with Crippen LogP contribution in [0.5, 0.6) is 0 Å². The molecule has 6 nitrogen and oxygen atoms in total. The fraction of sp³-hybridized carbons (Fsp3) is 0.706. The second kappa shape index (κ2) is 6.72. The molecule has 1 aliphatic carbocycles. The Morgan fingerprint density at radius 2 is 1.84 bits per heavy atom. The SMILES string of the molecule is CC(C)(C)OC(=O)N1CCN(c2cc(C(F)F)nc(C3CC3)n2)CC1. The molecule has 1 saturated heterocycles. The van der Waals surface area contributed by atoms with Gasteiger partial charge in [-0.2, -0.15) is 0 Å². The highest BCUT2D eigenvalue weighted by molar-refractivity contribution is 5.68. The molecule has 138 valence electrons. The van der Waals surface area contributed by atoms with E-state index in [1.807, 2.05) is 25.7 Å². The number of hydrogen-bond acceptors (Lipinski definition) is 5. The first kappa shape index (κ1) is 17.8. The van der Waals surface area contributed by atoms with Gasteiger partial charge in [0, 0.05) is 38.2 Å². The second-order valence-corrected chi connectivity index (χ2v) is 7.54. The molecule has 2 aliphatic rings. The summed E-state index contributed by atoms with van der Waals surface area (Å²) < 4.78 is 31.6. The summed E-state index contributed by atoms with van der Waals surface area (Å²) in [5.74, 6) is 1.25. The lowest BCUT2D eigenvalue weighted by atomic mass is 10.2. The van der Waals surface area contributed by atoms with Gasteiger partial charge in [-0.05, 0) is 33.6 Å². The van der Waals surface area contributed by atoms with E-state index in [0.29, 0.717) is 37.8 Å². The third kappa shape index (κ3) is 4.55. The molecule has 2 heterocycles. The van der Waals surface area contributed by atoms with Crippen molar-refractivity contribution in [2.45, 2.75) is 51.6 Å². The first-order valence-corrected chi connectivity index (χ1v) is 8.63. The first-order valence-electron chi connectivity index (χ1n) is 8.63. The highest BCUT2D eigenvalue weighted by Gasteiger charge is 2.30. The minimum absolute atomic E-state index is 0.209. The number of piperazine rings is 1. The molecule has 0 N–H and O–H groups in total. The van der Waals surface area contributed by atoms with Crippen LogP contribution in [0.1, 0.15) is 57.5 Å². The highest BCUT2D eigenvalue weighted by atomic mass is 19.3. The molecule has 1 aliphatic heterocycles. The van der Waals surface area contributed by atoms with Crippen LogP contribution >= 0.6 is 0 Å². The molecular weight excluding hydrogens is 330 g/mol. The van der Waals surface area contributed by atoms with Crippen molar-refractivity contribution in [1.82, 2.24) is 14.9 Å². The van der Waals surface area contributed by atoms with E-state index in [-0.39, 0.29) is 17.7 Å². The number of rotatable bonds is 3. The average molecular weight is 354 g/mol. The van der Waals surface area contributed by atoms with E-state index in [2.05, 4.69) is 9.97 Å². The van der Waals surface area contributed by atoms with Crippen molar-refractivity contribution < 1.29 is 18.3 Å². The zero-order valence-corrected chi connectivity index (χ0v) is 14.8. The van der Waals surface area contributed by atoms with Crippen LogP contribution < -0.4 is 4.90 Å².